The maximum atomic E-state index is 12.3. The Bertz CT molecular complexity index is 783. The quantitative estimate of drug-likeness (QED) is 0.690. The van der Waals surface area contributed by atoms with Gasteiger partial charge in [-0.1, -0.05) is 44.5 Å². The predicted octanol–water partition coefficient (Wildman–Crippen LogP) is 5.10. The van der Waals surface area contributed by atoms with Crippen LogP contribution in [0.1, 0.15) is 32.8 Å². The van der Waals surface area contributed by atoms with Crippen LogP contribution in [0.4, 0.5) is 11.4 Å². The molecule has 27 heavy (non-hydrogen) atoms. The Labute approximate surface area is 166 Å². The number of halogens is 1. The van der Waals surface area contributed by atoms with Crippen LogP contribution in [0.2, 0.25) is 5.02 Å². The zero-order valence-electron chi connectivity index (χ0n) is 16.5. The van der Waals surface area contributed by atoms with Crippen molar-refractivity contribution in [3.63, 3.8) is 0 Å². The number of carbonyl (C=O) groups is 1. The predicted molar refractivity (Wildman–Crippen MR) is 111 cm³/mol. The van der Waals surface area contributed by atoms with Crippen molar-refractivity contribution in [1.82, 2.24) is 0 Å². The second kappa shape index (κ2) is 9.00. The molecule has 2 aromatic rings. The molecule has 0 aliphatic heterocycles. The van der Waals surface area contributed by atoms with E-state index in [0.29, 0.717) is 35.2 Å². The van der Waals surface area contributed by atoms with Crippen molar-refractivity contribution in [2.75, 3.05) is 31.4 Å². The SMILES string of the molecule is COc1cc(NC(=O)CCNc2ccc(C(C)(C)C)cc2)c(OC)cc1Cl. The minimum atomic E-state index is -0.128. The van der Waals surface area contributed by atoms with Gasteiger partial charge in [0, 0.05) is 30.8 Å². The van der Waals surface area contributed by atoms with Crippen molar-refractivity contribution >= 4 is 28.9 Å². The summed E-state index contributed by atoms with van der Waals surface area (Å²) in [6, 6.07) is 11.5. The molecule has 1 amide bonds. The Morgan fingerprint density at radius 3 is 2.22 bits per heavy atom. The van der Waals surface area contributed by atoms with Crippen LogP contribution in [0.15, 0.2) is 36.4 Å². The summed E-state index contributed by atoms with van der Waals surface area (Å²) in [6.45, 7) is 7.06. The third kappa shape index (κ3) is 5.79. The van der Waals surface area contributed by atoms with Crippen LogP contribution in [0, 0.1) is 0 Å². The van der Waals surface area contributed by atoms with Crippen LogP contribution in [-0.4, -0.2) is 26.7 Å². The first-order valence-electron chi connectivity index (χ1n) is 8.80. The zero-order valence-corrected chi connectivity index (χ0v) is 17.2. The minimum Gasteiger partial charge on any atom is -0.495 e. The van der Waals surface area contributed by atoms with Crippen LogP contribution < -0.4 is 20.1 Å². The lowest BCUT2D eigenvalue weighted by Crippen LogP contribution is -2.17. The molecule has 0 bridgehead atoms. The van der Waals surface area contributed by atoms with E-state index in [1.165, 1.54) is 19.8 Å². The van der Waals surface area contributed by atoms with E-state index >= 15 is 0 Å². The molecule has 0 fully saturated rings. The van der Waals surface area contributed by atoms with E-state index in [1.54, 1.807) is 12.1 Å². The van der Waals surface area contributed by atoms with Gasteiger partial charge < -0.3 is 20.1 Å². The molecule has 0 saturated heterocycles. The maximum Gasteiger partial charge on any atom is 0.226 e. The van der Waals surface area contributed by atoms with Crippen molar-refractivity contribution in [2.45, 2.75) is 32.6 Å². The maximum absolute atomic E-state index is 12.3. The summed E-state index contributed by atoms with van der Waals surface area (Å²) in [7, 11) is 3.05. The highest BCUT2D eigenvalue weighted by Gasteiger charge is 2.14. The van der Waals surface area contributed by atoms with Crippen molar-refractivity contribution in [3.05, 3.63) is 47.0 Å². The van der Waals surface area contributed by atoms with Gasteiger partial charge in [-0.25, -0.2) is 0 Å². The highest BCUT2D eigenvalue weighted by Crippen LogP contribution is 2.35. The molecule has 2 N–H and O–H groups in total. The Morgan fingerprint density at radius 1 is 1.04 bits per heavy atom. The van der Waals surface area contributed by atoms with Gasteiger partial charge in [0.15, 0.2) is 0 Å². The van der Waals surface area contributed by atoms with E-state index in [1.807, 2.05) is 12.1 Å². The van der Waals surface area contributed by atoms with Gasteiger partial charge >= 0.3 is 0 Å². The van der Waals surface area contributed by atoms with Crippen LogP contribution in [-0.2, 0) is 10.2 Å². The summed E-state index contributed by atoms with van der Waals surface area (Å²) < 4.78 is 10.5. The Morgan fingerprint density at radius 2 is 1.67 bits per heavy atom. The average molecular weight is 391 g/mol. The normalized spacial score (nSPS) is 11.0. The van der Waals surface area contributed by atoms with E-state index in [-0.39, 0.29) is 11.3 Å². The number of rotatable bonds is 7. The first-order valence-corrected chi connectivity index (χ1v) is 9.18. The van der Waals surface area contributed by atoms with Gasteiger partial charge in [-0.2, -0.15) is 0 Å². The summed E-state index contributed by atoms with van der Waals surface area (Å²) in [5.74, 6) is 0.834. The highest BCUT2D eigenvalue weighted by molar-refractivity contribution is 6.32. The third-order valence-electron chi connectivity index (χ3n) is 4.18. The molecule has 0 saturated carbocycles. The largest absolute Gasteiger partial charge is 0.495 e. The van der Waals surface area contributed by atoms with E-state index < -0.39 is 0 Å². The first-order chi connectivity index (χ1) is 12.7. The lowest BCUT2D eigenvalue weighted by Gasteiger charge is -2.19. The first kappa shape index (κ1) is 20.9. The molecular weight excluding hydrogens is 364 g/mol. The fourth-order valence-corrected chi connectivity index (χ4v) is 2.81. The molecule has 0 heterocycles. The molecule has 0 radical (unpaired) electrons. The average Bonchev–Trinajstić information content (AvgIpc) is 2.62. The fraction of sp³-hybridized carbons (Fsp3) is 0.381. The molecule has 2 rings (SSSR count). The van der Waals surface area contributed by atoms with Crippen LogP contribution >= 0.6 is 11.6 Å². The van der Waals surface area contributed by atoms with Gasteiger partial charge in [-0.3, -0.25) is 4.79 Å². The van der Waals surface area contributed by atoms with Crippen LogP contribution in [0.25, 0.3) is 0 Å². The van der Waals surface area contributed by atoms with Gasteiger partial charge in [0.25, 0.3) is 0 Å². The number of hydrogen-bond acceptors (Lipinski definition) is 4. The van der Waals surface area contributed by atoms with E-state index in [4.69, 9.17) is 21.1 Å². The Hall–Kier alpha value is -2.40. The lowest BCUT2D eigenvalue weighted by molar-refractivity contribution is -0.116. The second-order valence-electron chi connectivity index (χ2n) is 7.24. The summed E-state index contributed by atoms with van der Waals surface area (Å²) in [5, 5.41) is 6.52. The van der Waals surface area contributed by atoms with Gasteiger partial charge in [0.1, 0.15) is 11.5 Å². The number of carbonyl (C=O) groups excluding carboxylic acids is 1. The standard InChI is InChI=1S/C21H27ClN2O3/c1-21(2,3)14-6-8-15(9-7-14)23-11-10-20(25)24-17-13-18(26-4)16(22)12-19(17)27-5/h6-9,12-13,23H,10-11H2,1-5H3,(H,24,25). The number of anilines is 2. The lowest BCUT2D eigenvalue weighted by atomic mass is 9.87. The number of methoxy groups -OCH3 is 2. The third-order valence-corrected chi connectivity index (χ3v) is 4.48. The summed E-state index contributed by atoms with van der Waals surface area (Å²) >= 11 is 6.08. The minimum absolute atomic E-state index is 0.122. The number of hydrogen-bond donors (Lipinski definition) is 2. The van der Waals surface area contributed by atoms with Gasteiger partial charge in [0.05, 0.1) is 24.9 Å². The molecule has 0 aromatic heterocycles. The van der Waals surface area contributed by atoms with E-state index in [0.717, 1.165) is 5.69 Å². The van der Waals surface area contributed by atoms with Gasteiger partial charge in [0.2, 0.25) is 5.91 Å². The molecule has 0 unspecified atom stereocenters. The van der Waals surface area contributed by atoms with Gasteiger partial charge in [-0.05, 0) is 23.1 Å². The molecule has 6 heteroatoms. The molecule has 2 aromatic carbocycles. The van der Waals surface area contributed by atoms with Crippen LogP contribution in [0.3, 0.4) is 0 Å². The molecule has 0 atom stereocenters. The fourth-order valence-electron chi connectivity index (χ4n) is 2.58. The van der Waals surface area contributed by atoms with Gasteiger partial charge in [-0.15, -0.1) is 0 Å². The second-order valence-corrected chi connectivity index (χ2v) is 7.65. The summed E-state index contributed by atoms with van der Waals surface area (Å²) in [5.41, 5.74) is 2.91. The van der Waals surface area contributed by atoms with Crippen molar-refractivity contribution in [1.29, 1.82) is 0 Å². The number of nitrogens with one attached hydrogen (secondary N) is 2. The Kier molecular flexibility index (Phi) is 6.97. The molecule has 5 nitrogen and oxygen atoms in total. The molecule has 0 aliphatic rings. The zero-order chi connectivity index (χ0) is 20.0. The van der Waals surface area contributed by atoms with E-state index in [2.05, 4.69) is 43.5 Å². The highest BCUT2D eigenvalue weighted by atomic mass is 35.5. The summed E-state index contributed by atoms with van der Waals surface area (Å²) in [4.78, 5) is 12.3. The number of amides is 1. The summed E-state index contributed by atoms with van der Waals surface area (Å²) in [6.07, 6.45) is 0.315. The van der Waals surface area contributed by atoms with Crippen molar-refractivity contribution in [2.24, 2.45) is 0 Å². The molecule has 0 aliphatic carbocycles. The number of ether oxygens (including phenoxy) is 2. The topological polar surface area (TPSA) is 59.6 Å². The monoisotopic (exact) mass is 390 g/mol. The number of benzene rings is 2. The smallest absolute Gasteiger partial charge is 0.226 e. The van der Waals surface area contributed by atoms with Crippen LogP contribution in [0.5, 0.6) is 11.5 Å². The van der Waals surface area contributed by atoms with Crippen molar-refractivity contribution in [3.8, 4) is 11.5 Å². The molecule has 146 valence electrons. The Balaban J connectivity index is 1.91. The van der Waals surface area contributed by atoms with Crippen molar-refractivity contribution < 1.29 is 14.3 Å². The molecule has 0 spiro atoms. The van der Waals surface area contributed by atoms with E-state index in [9.17, 15) is 4.79 Å². The molecular formula is C21H27ClN2O3.